The molecule has 1 unspecified atom stereocenters. The maximum atomic E-state index is 15.5. The molecule has 320 valence electrons. The van der Waals surface area contributed by atoms with E-state index < -0.39 is 41.3 Å². The van der Waals surface area contributed by atoms with Crippen molar-refractivity contribution in [3.05, 3.63) is 88.7 Å². The minimum atomic E-state index is -1.12. The first kappa shape index (κ1) is 40.8. The highest BCUT2D eigenvalue weighted by Gasteiger charge is 2.45. The van der Waals surface area contributed by atoms with Crippen LogP contribution in [0.3, 0.4) is 0 Å². The average molecular weight is 846 g/mol. The van der Waals surface area contributed by atoms with E-state index in [1.165, 1.54) is 18.3 Å². The number of nitrogens with zero attached hydrogens (tertiary/aromatic N) is 7. The summed E-state index contributed by atoms with van der Waals surface area (Å²) in [5.41, 5.74) is 1.45. The number of nitriles is 1. The molecule has 2 aromatic carbocycles. The molecule has 9 rings (SSSR count). The van der Waals surface area contributed by atoms with Gasteiger partial charge < -0.3 is 19.9 Å². The summed E-state index contributed by atoms with van der Waals surface area (Å²) in [6, 6.07) is 11.9. The Morgan fingerprint density at radius 1 is 0.855 bits per heavy atom. The Balaban J connectivity index is 0.723. The van der Waals surface area contributed by atoms with Crippen LogP contribution in [-0.2, 0) is 9.59 Å². The van der Waals surface area contributed by atoms with Crippen LogP contribution in [0.25, 0.3) is 10.9 Å². The lowest BCUT2D eigenvalue weighted by Gasteiger charge is -2.40. The van der Waals surface area contributed by atoms with Gasteiger partial charge in [0.1, 0.15) is 23.7 Å². The lowest BCUT2D eigenvalue weighted by Crippen LogP contribution is -2.54. The Hall–Kier alpha value is -6.54. The molecule has 6 heterocycles. The topological polar surface area (TPSA) is 181 Å². The van der Waals surface area contributed by atoms with E-state index in [2.05, 4.69) is 31.6 Å². The number of aromatic nitrogens is 2. The number of halogens is 2. The van der Waals surface area contributed by atoms with Gasteiger partial charge in [0.2, 0.25) is 11.8 Å². The van der Waals surface area contributed by atoms with E-state index in [0.717, 1.165) is 48.6 Å². The van der Waals surface area contributed by atoms with Crippen molar-refractivity contribution in [3.8, 4) is 11.8 Å². The molecule has 4 aliphatic heterocycles. The van der Waals surface area contributed by atoms with Crippen molar-refractivity contribution in [2.75, 3.05) is 55.6 Å². The average Bonchev–Trinajstić information content (AvgIpc) is 3.51. The van der Waals surface area contributed by atoms with Gasteiger partial charge in [-0.3, -0.25) is 44.1 Å². The zero-order chi connectivity index (χ0) is 43.1. The van der Waals surface area contributed by atoms with Crippen LogP contribution in [0.2, 0.25) is 0 Å². The van der Waals surface area contributed by atoms with Crippen molar-refractivity contribution in [2.45, 2.75) is 69.6 Å². The zero-order valence-corrected chi connectivity index (χ0v) is 33.9. The largest absolute Gasteiger partial charge is 0.490 e. The van der Waals surface area contributed by atoms with Crippen LogP contribution in [0.1, 0.15) is 88.0 Å². The number of carbonyl (C=O) groups excluding carboxylic acids is 5. The van der Waals surface area contributed by atoms with Gasteiger partial charge in [0.15, 0.2) is 11.6 Å². The second kappa shape index (κ2) is 17.1. The number of hydrogen-bond donors (Lipinski definition) is 2. The zero-order valence-electron chi connectivity index (χ0n) is 33.9. The Labute approximate surface area is 356 Å². The highest BCUT2D eigenvalue weighted by molar-refractivity contribution is 6.23. The molecule has 0 radical (unpaired) electrons. The van der Waals surface area contributed by atoms with Gasteiger partial charge in [0.05, 0.1) is 39.6 Å². The number of nitrogens with one attached hydrogen (secondary N) is 2. The van der Waals surface area contributed by atoms with Gasteiger partial charge in [-0.2, -0.15) is 5.26 Å². The Kier molecular flexibility index (Phi) is 11.3. The van der Waals surface area contributed by atoms with Crippen LogP contribution >= 0.6 is 0 Å². The number of pyridine rings is 2. The highest BCUT2D eigenvalue weighted by Crippen LogP contribution is 2.34. The first-order valence-electron chi connectivity index (χ1n) is 21.2. The lowest BCUT2D eigenvalue weighted by atomic mass is 9.92. The SMILES string of the molecule is N#Cc1ccc(OC2CCC(NC(=O)c3cnc(N4CCC(CN5CCN(c6cc7c(cc6F)C(=O)N(C6CCC(=O)NC6=O)C7=O)CC5)CC4)c(F)c3)CC2)c2cccnc12. The predicted molar refractivity (Wildman–Crippen MR) is 221 cm³/mol. The number of rotatable bonds is 9. The molecular formula is C45H45F2N9O6. The van der Waals surface area contributed by atoms with Crippen molar-refractivity contribution in [1.82, 2.24) is 30.4 Å². The fourth-order valence-corrected chi connectivity index (χ4v) is 9.49. The van der Waals surface area contributed by atoms with Gasteiger partial charge >= 0.3 is 0 Å². The molecule has 1 aliphatic carbocycles. The molecule has 3 saturated heterocycles. The summed E-state index contributed by atoms with van der Waals surface area (Å²) in [6.07, 6.45) is 7.57. The molecule has 0 bridgehead atoms. The van der Waals surface area contributed by atoms with Gasteiger partial charge in [-0.05, 0) is 93.3 Å². The molecule has 1 atom stereocenters. The minimum absolute atomic E-state index is 0.0000363. The molecule has 17 heteroatoms. The molecule has 62 heavy (non-hydrogen) atoms. The molecule has 2 N–H and O–H groups in total. The third kappa shape index (κ3) is 8.02. The summed E-state index contributed by atoms with van der Waals surface area (Å²) in [7, 11) is 0. The Morgan fingerprint density at radius 3 is 2.31 bits per heavy atom. The molecule has 4 fully saturated rings. The smallest absolute Gasteiger partial charge is 0.262 e. The minimum Gasteiger partial charge on any atom is -0.490 e. The van der Waals surface area contributed by atoms with Crippen molar-refractivity contribution in [3.63, 3.8) is 0 Å². The summed E-state index contributed by atoms with van der Waals surface area (Å²) in [5.74, 6) is -2.85. The van der Waals surface area contributed by atoms with Crippen molar-refractivity contribution < 1.29 is 37.5 Å². The second-order valence-corrected chi connectivity index (χ2v) is 16.7. The van der Waals surface area contributed by atoms with Crippen LogP contribution in [0.5, 0.6) is 5.75 Å². The van der Waals surface area contributed by atoms with Crippen LogP contribution in [-0.4, -0.2) is 113 Å². The van der Waals surface area contributed by atoms with Crippen LogP contribution < -0.4 is 25.2 Å². The number of anilines is 2. The molecule has 4 aromatic rings. The van der Waals surface area contributed by atoms with Crippen molar-refractivity contribution in [2.24, 2.45) is 5.92 Å². The maximum Gasteiger partial charge on any atom is 0.262 e. The Morgan fingerprint density at radius 2 is 1.60 bits per heavy atom. The number of fused-ring (bicyclic) bond motifs is 2. The second-order valence-electron chi connectivity index (χ2n) is 16.7. The maximum absolute atomic E-state index is 15.5. The van der Waals surface area contributed by atoms with Crippen LogP contribution in [0.15, 0.2) is 54.9 Å². The van der Waals surface area contributed by atoms with Gasteiger partial charge in [-0.15, -0.1) is 0 Å². The van der Waals surface area contributed by atoms with Crippen molar-refractivity contribution in [1.29, 1.82) is 5.26 Å². The quantitative estimate of drug-likeness (QED) is 0.228. The number of carbonyl (C=O) groups is 5. The number of imide groups is 2. The number of benzene rings is 2. The van der Waals surface area contributed by atoms with E-state index in [0.29, 0.717) is 74.9 Å². The molecule has 5 amide bonds. The first-order valence-corrected chi connectivity index (χ1v) is 21.2. The number of amides is 5. The normalized spacial score (nSPS) is 22.4. The van der Waals surface area contributed by atoms with E-state index >= 15 is 8.78 Å². The molecule has 5 aliphatic rings. The van der Waals surface area contributed by atoms with E-state index in [-0.39, 0.29) is 59.1 Å². The molecule has 15 nitrogen and oxygen atoms in total. The summed E-state index contributed by atoms with van der Waals surface area (Å²) in [6.45, 7) is 4.40. The highest BCUT2D eigenvalue weighted by atomic mass is 19.1. The molecule has 1 saturated carbocycles. The summed E-state index contributed by atoms with van der Waals surface area (Å²) < 4.78 is 37.3. The lowest BCUT2D eigenvalue weighted by molar-refractivity contribution is -0.136. The molecule has 2 aromatic heterocycles. The summed E-state index contributed by atoms with van der Waals surface area (Å²) in [5, 5.41) is 15.4. The summed E-state index contributed by atoms with van der Waals surface area (Å²) >= 11 is 0. The third-order valence-corrected chi connectivity index (χ3v) is 12.9. The van der Waals surface area contributed by atoms with E-state index in [4.69, 9.17) is 4.74 Å². The summed E-state index contributed by atoms with van der Waals surface area (Å²) in [4.78, 5) is 79.3. The number of piperazine rings is 1. The molecular weight excluding hydrogens is 801 g/mol. The third-order valence-electron chi connectivity index (χ3n) is 12.9. The number of hydrogen-bond acceptors (Lipinski definition) is 12. The van der Waals surface area contributed by atoms with E-state index in [1.54, 1.807) is 18.3 Å². The predicted octanol–water partition coefficient (Wildman–Crippen LogP) is 4.34. The Bertz CT molecular complexity index is 2510. The fourth-order valence-electron chi connectivity index (χ4n) is 9.49. The van der Waals surface area contributed by atoms with Crippen molar-refractivity contribution >= 4 is 51.9 Å². The molecule has 0 spiro atoms. The van der Waals surface area contributed by atoms with Crippen LogP contribution in [0.4, 0.5) is 20.3 Å². The van der Waals surface area contributed by atoms with E-state index in [1.807, 2.05) is 21.9 Å². The van der Waals surface area contributed by atoms with Crippen LogP contribution in [0, 0.1) is 28.9 Å². The first-order chi connectivity index (χ1) is 30.0. The number of ether oxygens (including phenoxy) is 1. The standard InChI is InChI=1S/C45H45F2N9O6/c46-34-21-32-33(45(61)56(44(32)60)36-8-10-39(57)52-43(36)59)22-37(34)54-18-16-53(17-19-54)25-26-11-14-55(15-12-26)41-35(47)20-28(24-50-41)42(58)51-29-4-6-30(7-5-29)62-38-9-3-27(23-48)40-31(38)2-1-13-49-40/h1-3,9,13,20-22,24,26,29-30,36H,4-8,10-12,14-19,25H2,(H,51,58)(H,52,57,59). The van der Waals surface area contributed by atoms with Gasteiger partial charge in [-0.1, -0.05) is 0 Å². The van der Waals surface area contributed by atoms with E-state index in [9.17, 15) is 29.2 Å². The van der Waals surface area contributed by atoms with Gasteiger partial charge in [0.25, 0.3) is 17.7 Å². The monoisotopic (exact) mass is 845 g/mol. The van der Waals surface area contributed by atoms with Gasteiger partial charge in [0, 0.05) is 76.1 Å². The fraction of sp³-hybridized carbons (Fsp3) is 0.422. The van der Waals surface area contributed by atoms with Gasteiger partial charge in [-0.25, -0.2) is 13.8 Å². The number of piperidine rings is 2.